The molecule has 126 valence electrons. The highest BCUT2D eigenvalue weighted by Crippen LogP contribution is 2.13. The summed E-state index contributed by atoms with van der Waals surface area (Å²) >= 11 is 5.75. The molecule has 0 aliphatic heterocycles. The Balaban J connectivity index is 2.07. The van der Waals surface area contributed by atoms with E-state index in [9.17, 15) is 0 Å². The predicted octanol–water partition coefficient (Wildman–Crippen LogP) is 1.44. The highest BCUT2D eigenvalue weighted by molar-refractivity contribution is 6.18. The van der Waals surface area contributed by atoms with Crippen LogP contribution in [0, 0.1) is 0 Å². The summed E-state index contributed by atoms with van der Waals surface area (Å²) in [5.74, 6) is 0.636. The van der Waals surface area contributed by atoms with Gasteiger partial charge < -0.3 is 25.4 Å². The molecule has 3 N–H and O–H groups in total. The molecule has 0 aromatic heterocycles. The van der Waals surface area contributed by atoms with Gasteiger partial charge in [-0.3, -0.25) is 0 Å². The number of nitrogens with one attached hydrogen (secondary N) is 1. The van der Waals surface area contributed by atoms with Crippen molar-refractivity contribution in [3.8, 4) is 0 Å². The van der Waals surface area contributed by atoms with Crippen molar-refractivity contribution in [1.29, 1.82) is 0 Å². The topological polar surface area (TPSA) is 59.8 Å². The molecule has 0 atom stereocenters. The van der Waals surface area contributed by atoms with E-state index in [0.717, 1.165) is 19.6 Å². The molecule has 22 heavy (non-hydrogen) atoms. The number of nitrogens with zero attached hydrogens (tertiary/aromatic N) is 1. The molecule has 0 saturated heterocycles. The van der Waals surface area contributed by atoms with Gasteiger partial charge in [-0.05, 0) is 17.7 Å². The number of anilines is 1. The number of hydrogen-bond acceptors (Lipinski definition) is 5. The monoisotopic (exact) mass is 329 g/mol. The SMILES string of the molecule is CN(CCCl)c1ccc(CNCCOCCOCCN)cc1. The third-order valence-corrected chi connectivity index (χ3v) is 3.35. The van der Waals surface area contributed by atoms with Crippen LogP contribution in [0.2, 0.25) is 0 Å². The first-order valence-electron chi connectivity index (χ1n) is 7.70. The molecule has 0 aliphatic rings. The van der Waals surface area contributed by atoms with Gasteiger partial charge in [-0.2, -0.15) is 0 Å². The van der Waals surface area contributed by atoms with Gasteiger partial charge in [0.05, 0.1) is 26.4 Å². The molecule has 1 aromatic rings. The first kappa shape index (κ1) is 19.2. The van der Waals surface area contributed by atoms with Gasteiger partial charge in [0, 0.05) is 44.8 Å². The Hall–Kier alpha value is -0.850. The number of alkyl halides is 1. The molecule has 1 rings (SSSR count). The molecule has 1 aromatic carbocycles. The highest BCUT2D eigenvalue weighted by Gasteiger charge is 2.00. The maximum absolute atomic E-state index is 5.75. The smallest absolute Gasteiger partial charge is 0.0701 e. The number of rotatable bonds is 13. The van der Waals surface area contributed by atoms with Gasteiger partial charge in [-0.1, -0.05) is 12.1 Å². The average Bonchev–Trinajstić information content (AvgIpc) is 2.54. The van der Waals surface area contributed by atoms with Gasteiger partial charge in [0.2, 0.25) is 0 Å². The summed E-state index contributed by atoms with van der Waals surface area (Å²) in [6.07, 6.45) is 0. The van der Waals surface area contributed by atoms with Crippen LogP contribution in [0.25, 0.3) is 0 Å². The van der Waals surface area contributed by atoms with Crippen LogP contribution in [0.3, 0.4) is 0 Å². The Kier molecular flexibility index (Phi) is 11.1. The lowest BCUT2D eigenvalue weighted by molar-refractivity contribution is 0.0518. The van der Waals surface area contributed by atoms with Crippen LogP contribution in [0.1, 0.15) is 5.56 Å². The Morgan fingerprint density at radius 1 is 1.09 bits per heavy atom. The average molecular weight is 330 g/mol. The number of nitrogens with two attached hydrogens (primary N) is 1. The van der Waals surface area contributed by atoms with Crippen molar-refractivity contribution in [2.75, 3.05) is 63.9 Å². The standard InChI is InChI=1S/C16H28ClN3O2/c1-20(9-6-17)16-4-2-15(3-5-16)14-19-8-11-22-13-12-21-10-7-18/h2-5,19H,6-14,18H2,1H3. The Labute approximate surface area is 138 Å². The molecule has 5 nitrogen and oxygen atoms in total. The molecular weight excluding hydrogens is 302 g/mol. The van der Waals surface area contributed by atoms with Crippen molar-refractivity contribution >= 4 is 17.3 Å². The third kappa shape index (κ3) is 8.56. The molecule has 0 bridgehead atoms. The Bertz CT molecular complexity index is 376. The van der Waals surface area contributed by atoms with E-state index in [-0.39, 0.29) is 0 Å². The van der Waals surface area contributed by atoms with Gasteiger partial charge in [-0.25, -0.2) is 0 Å². The van der Waals surface area contributed by atoms with Crippen molar-refractivity contribution in [3.63, 3.8) is 0 Å². The van der Waals surface area contributed by atoms with Crippen LogP contribution in [-0.2, 0) is 16.0 Å². The minimum atomic E-state index is 0.558. The van der Waals surface area contributed by atoms with Crippen LogP contribution in [0.5, 0.6) is 0 Å². The Morgan fingerprint density at radius 2 is 1.77 bits per heavy atom. The van der Waals surface area contributed by atoms with E-state index in [1.54, 1.807) is 0 Å². The fraction of sp³-hybridized carbons (Fsp3) is 0.625. The van der Waals surface area contributed by atoms with E-state index in [4.69, 9.17) is 26.8 Å². The van der Waals surface area contributed by atoms with E-state index in [1.165, 1.54) is 11.3 Å². The zero-order chi connectivity index (χ0) is 16.0. The van der Waals surface area contributed by atoms with Crippen molar-refractivity contribution in [1.82, 2.24) is 5.32 Å². The molecule has 0 heterocycles. The minimum absolute atomic E-state index is 0.558. The molecule has 0 radical (unpaired) electrons. The quantitative estimate of drug-likeness (QED) is 0.423. The van der Waals surface area contributed by atoms with Crippen LogP contribution >= 0.6 is 11.6 Å². The predicted molar refractivity (Wildman–Crippen MR) is 92.8 cm³/mol. The summed E-state index contributed by atoms with van der Waals surface area (Å²) in [4.78, 5) is 2.14. The lowest BCUT2D eigenvalue weighted by atomic mass is 10.2. The zero-order valence-corrected chi connectivity index (χ0v) is 14.1. The second kappa shape index (κ2) is 12.7. The van der Waals surface area contributed by atoms with Crippen molar-refractivity contribution < 1.29 is 9.47 Å². The second-order valence-corrected chi connectivity index (χ2v) is 5.35. The van der Waals surface area contributed by atoms with E-state index in [2.05, 4.69) is 34.5 Å². The normalized spacial score (nSPS) is 10.9. The third-order valence-electron chi connectivity index (χ3n) is 3.18. The lowest BCUT2D eigenvalue weighted by Gasteiger charge is -2.18. The lowest BCUT2D eigenvalue weighted by Crippen LogP contribution is -2.21. The maximum atomic E-state index is 5.75. The molecule has 0 amide bonds. The summed E-state index contributed by atoms with van der Waals surface area (Å²) in [7, 11) is 2.05. The molecule has 0 aliphatic carbocycles. The van der Waals surface area contributed by atoms with Gasteiger partial charge in [0.1, 0.15) is 0 Å². The van der Waals surface area contributed by atoms with E-state index in [0.29, 0.717) is 38.9 Å². The number of hydrogen-bond donors (Lipinski definition) is 2. The minimum Gasteiger partial charge on any atom is -0.378 e. The number of ether oxygens (including phenoxy) is 2. The zero-order valence-electron chi connectivity index (χ0n) is 13.4. The summed E-state index contributed by atoms with van der Waals surface area (Å²) in [6, 6.07) is 8.51. The number of halogens is 1. The van der Waals surface area contributed by atoms with Crippen LogP contribution in [-0.4, -0.2) is 59.0 Å². The van der Waals surface area contributed by atoms with E-state index in [1.807, 2.05) is 7.05 Å². The first-order valence-corrected chi connectivity index (χ1v) is 8.23. The van der Waals surface area contributed by atoms with E-state index < -0.39 is 0 Å². The summed E-state index contributed by atoms with van der Waals surface area (Å²) in [5, 5.41) is 3.36. The first-order chi connectivity index (χ1) is 10.8. The molecule has 0 saturated carbocycles. The largest absolute Gasteiger partial charge is 0.378 e. The summed E-state index contributed by atoms with van der Waals surface area (Å²) < 4.78 is 10.7. The van der Waals surface area contributed by atoms with Crippen molar-refractivity contribution in [2.45, 2.75) is 6.54 Å². The second-order valence-electron chi connectivity index (χ2n) is 4.97. The van der Waals surface area contributed by atoms with Gasteiger partial charge >= 0.3 is 0 Å². The fourth-order valence-electron chi connectivity index (χ4n) is 1.91. The molecular formula is C16H28ClN3O2. The van der Waals surface area contributed by atoms with Crippen molar-refractivity contribution in [3.05, 3.63) is 29.8 Å². The van der Waals surface area contributed by atoms with Crippen LogP contribution < -0.4 is 16.0 Å². The van der Waals surface area contributed by atoms with Crippen LogP contribution in [0.4, 0.5) is 5.69 Å². The van der Waals surface area contributed by atoms with Crippen LogP contribution in [0.15, 0.2) is 24.3 Å². The fourth-order valence-corrected chi connectivity index (χ4v) is 2.16. The summed E-state index contributed by atoms with van der Waals surface area (Å²) in [5.41, 5.74) is 7.76. The Morgan fingerprint density at radius 3 is 2.41 bits per heavy atom. The summed E-state index contributed by atoms with van der Waals surface area (Å²) in [6.45, 7) is 5.57. The van der Waals surface area contributed by atoms with Gasteiger partial charge in [-0.15, -0.1) is 11.6 Å². The van der Waals surface area contributed by atoms with Crippen molar-refractivity contribution in [2.24, 2.45) is 5.73 Å². The molecule has 0 fully saturated rings. The maximum Gasteiger partial charge on any atom is 0.0701 e. The highest BCUT2D eigenvalue weighted by atomic mass is 35.5. The van der Waals surface area contributed by atoms with Gasteiger partial charge in [0.25, 0.3) is 0 Å². The molecule has 0 unspecified atom stereocenters. The van der Waals surface area contributed by atoms with Gasteiger partial charge in [0.15, 0.2) is 0 Å². The molecule has 6 heteroatoms. The number of benzene rings is 1. The van der Waals surface area contributed by atoms with E-state index >= 15 is 0 Å². The molecule has 0 spiro atoms.